The smallest absolute Gasteiger partial charge is 0.254 e. The molecule has 2 nitrogen and oxygen atoms in total. The van der Waals surface area contributed by atoms with E-state index in [0.29, 0.717) is 6.04 Å². The minimum absolute atomic E-state index is 0.203. The van der Waals surface area contributed by atoms with Crippen molar-refractivity contribution in [3.05, 3.63) is 76.9 Å². The summed E-state index contributed by atoms with van der Waals surface area (Å²) >= 11 is 0. The Morgan fingerprint density at radius 1 is 0.967 bits per heavy atom. The zero-order valence-electron chi connectivity index (χ0n) is 18.8. The van der Waals surface area contributed by atoms with Gasteiger partial charge in [-0.15, -0.1) is 0 Å². The molecule has 0 bridgehead atoms. The molecule has 2 aromatic rings. The maximum atomic E-state index is 13.7. The molecule has 160 valence electrons. The number of hydrogen-bond donors (Lipinski definition) is 0. The third-order valence-corrected chi connectivity index (χ3v) is 6.30. The highest BCUT2D eigenvalue weighted by atomic mass is 16.2. The molecule has 0 radical (unpaired) electrons. The molecule has 1 aliphatic carbocycles. The van der Waals surface area contributed by atoms with Crippen LogP contribution in [0, 0.1) is 6.92 Å². The van der Waals surface area contributed by atoms with Gasteiger partial charge in [0.1, 0.15) is 0 Å². The predicted molar refractivity (Wildman–Crippen MR) is 128 cm³/mol. The molecule has 0 heterocycles. The van der Waals surface area contributed by atoms with Crippen LogP contribution >= 0.6 is 0 Å². The number of carbonyl (C=O) groups excluding carboxylic acids is 1. The molecule has 1 saturated carbocycles. The third-order valence-electron chi connectivity index (χ3n) is 6.30. The van der Waals surface area contributed by atoms with Gasteiger partial charge in [0.2, 0.25) is 0 Å². The van der Waals surface area contributed by atoms with E-state index in [1.54, 1.807) is 0 Å². The lowest BCUT2D eigenvalue weighted by Gasteiger charge is -2.35. The highest BCUT2D eigenvalue weighted by molar-refractivity contribution is 5.96. The molecule has 1 aliphatic rings. The number of unbranched alkanes of at least 4 members (excludes halogenated alkanes) is 2. The van der Waals surface area contributed by atoms with E-state index in [1.165, 1.54) is 49.7 Å². The fraction of sp³-hybridized carbons (Fsp3) is 0.464. The summed E-state index contributed by atoms with van der Waals surface area (Å²) in [6.07, 6.45) is 13.0. The van der Waals surface area contributed by atoms with E-state index in [4.69, 9.17) is 0 Å². The highest BCUT2D eigenvalue weighted by Crippen LogP contribution is 2.27. The summed E-state index contributed by atoms with van der Waals surface area (Å²) in [5.74, 6) is 0.203. The van der Waals surface area contributed by atoms with Gasteiger partial charge < -0.3 is 4.90 Å². The molecular formula is C28H37NO. The quantitative estimate of drug-likeness (QED) is 0.399. The van der Waals surface area contributed by atoms with Gasteiger partial charge in [-0.3, -0.25) is 4.79 Å². The minimum atomic E-state index is 0.203. The van der Waals surface area contributed by atoms with Crippen molar-refractivity contribution in [2.45, 2.75) is 77.7 Å². The topological polar surface area (TPSA) is 20.3 Å². The van der Waals surface area contributed by atoms with Crippen molar-refractivity contribution >= 4 is 12.0 Å². The summed E-state index contributed by atoms with van der Waals surface area (Å²) < 4.78 is 0. The molecule has 3 rings (SSSR count). The van der Waals surface area contributed by atoms with Crippen LogP contribution in [0.25, 0.3) is 6.08 Å². The molecule has 1 amide bonds. The summed E-state index contributed by atoms with van der Waals surface area (Å²) in [7, 11) is 0. The summed E-state index contributed by atoms with van der Waals surface area (Å²) in [5.41, 5.74) is 4.54. The predicted octanol–water partition coefficient (Wildman–Crippen LogP) is 7.43. The van der Waals surface area contributed by atoms with E-state index in [9.17, 15) is 4.79 Å². The van der Waals surface area contributed by atoms with Crippen molar-refractivity contribution in [2.24, 2.45) is 0 Å². The average Bonchev–Trinajstić information content (AvgIpc) is 2.78. The Labute approximate surface area is 183 Å². The van der Waals surface area contributed by atoms with Crippen molar-refractivity contribution < 1.29 is 4.79 Å². The second-order valence-electron chi connectivity index (χ2n) is 8.71. The number of rotatable bonds is 9. The Morgan fingerprint density at radius 2 is 1.67 bits per heavy atom. The number of amides is 1. The SMILES string of the molecule is CCCCC/C(=C\c1ccccc1)CN(C(=O)c1ccccc1C)C1CCCCC1. The standard InChI is InChI=1S/C28H37NO/c1-3-4-7-17-25(21-24-15-8-5-9-16-24)22-29(26-18-10-6-11-19-26)28(30)27-20-13-12-14-23(27)2/h5,8-9,12-16,20-21,26H,3-4,6-7,10-11,17-19,22H2,1-2H3/b25-21+. The Balaban J connectivity index is 1.88. The summed E-state index contributed by atoms with van der Waals surface area (Å²) in [5, 5.41) is 0. The van der Waals surface area contributed by atoms with Crippen LogP contribution in [0.4, 0.5) is 0 Å². The Morgan fingerprint density at radius 3 is 2.37 bits per heavy atom. The van der Waals surface area contributed by atoms with Crippen LogP contribution in [0.15, 0.2) is 60.2 Å². The average molecular weight is 404 g/mol. The number of benzene rings is 2. The zero-order valence-corrected chi connectivity index (χ0v) is 18.8. The lowest BCUT2D eigenvalue weighted by molar-refractivity contribution is 0.0654. The van der Waals surface area contributed by atoms with E-state index in [0.717, 1.165) is 36.9 Å². The summed E-state index contributed by atoms with van der Waals surface area (Å²) in [6.45, 7) is 5.04. The Hall–Kier alpha value is -2.35. The largest absolute Gasteiger partial charge is 0.332 e. The number of carbonyl (C=O) groups is 1. The second kappa shape index (κ2) is 11.7. The molecule has 1 fully saturated rings. The van der Waals surface area contributed by atoms with Crippen LogP contribution in [0.2, 0.25) is 0 Å². The van der Waals surface area contributed by atoms with Gasteiger partial charge in [0.25, 0.3) is 5.91 Å². The fourth-order valence-corrected chi connectivity index (χ4v) is 4.53. The van der Waals surface area contributed by atoms with E-state index in [-0.39, 0.29) is 5.91 Å². The first-order valence-corrected chi connectivity index (χ1v) is 11.8. The van der Waals surface area contributed by atoms with Crippen LogP contribution in [-0.4, -0.2) is 23.4 Å². The summed E-state index contributed by atoms with van der Waals surface area (Å²) in [4.78, 5) is 15.9. The van der Waals surface area contributed by atoms with Gasteiger partial charge in [-0.05, 0) is 49.8 Å². The van der Waals surface area contributed by atoms with E-state index < -0.39 is 0 Å². The van der Waals surface area contributed by atoms with Gasteiger partial charge in [0.05, 0.1) is 0 Å². The van der Waals surface area contributed by atoms with Crippen LogP contribution in [0.3, 0.4) is 0 Å². The minimum Gasteiger partial charge on any atom is -0.332 e. The number of nitrogens with zero attached hydrogens (tertiary/aromatic N) is 1. The lowest BCUT2D eigenvalue weighted by Crippen LogP contribution is -2.43. The number of hydrogen-bond acceptors (Lipinski definition) is 1. The van der Waals surface area contributed by atoms with Crippen molar-refractivity contribution in [1.82, 2.24) is 4.90 Å². The molecule has 0 unspecified atom stereocenters. The fourth-order valence-electron chi connectivity index (χ4n) is 4.53. The van der Waals surface area contributed by atoms with Crippen molar-refractivity contribution in [1.29, 1.82) is 0 Å². The van der Waals surface area contributed by atoms with Crippen molar-refractivity contribution in [3.63, 3.8) is 0 Å². The van der Waals surface area contributed by atoms with Gasteiger partial charge in [-0.25, -0.2) is 0 Å². The molecule has 0 N–H and O–H groups in total. The Bertz CT molecular complexity index is 818. The van der Waals surface area contributed by atoms with Crippen LogP contribution in [-0.2, 0) is 0 Å². The third kappa shape index (κ3) is 6.32. The normalized spacial score (nSPS) is 15.2. The van der Waals surface area contributed by atoms with E-state index in [1.807, 2.05) is 31.2 Å². The molecular weight excluding hydrogens is 366 g/mol. The number of aryl methyl sites for hydroxylation is 1. The lowest BCUT2D eigenvalue weighted by atomic mass is 9.92. The Kier molecular flexibility index (Phi) is 8.74. The van der Waals surface area contributed by atoms with Gasteiger partial charge in [-0.1, -0.05) is 99.2 Å². The first kappa shape index (κ1) is 22.3. The van der Waals surface area contributed by atoms with Gasteiger partial charge in [-0.2, -0.15) is 0 Å². The first-order valence-electron chi connectivity index (χ1n) is 11.8. The van der Waals surface area contributed by atoms with Crippen LogP contribution < -0.4 is 0 Å². The highest BCUT2D eigenvalue weighted by Gasteiger charge is 2.27. The van der Waals surface area contributed by atoms with Gasteiger partial charge in [0.15, 0.2) is 0 Å². The first-order chi connectivity index (χ1) is 14.7. The molecule has 0 atom stereocenters. The maximum Gasteiger partial charge on any atom is 0.254 e. The zero-order chi connectivity index (χ0) is 21.2. The molecule has 30 heavy (non-hydrogen) atoms. The van der Waals surface area contributed by atoms with E-state index >= 15 is 0 Å². The van der Waals surface area contributed by atoms with E-state index in [2.05, 4.69) is 48.2 Å². The molecule has 2 heteroatoms. The van der Waals surface area contributed by atoms with Crippen molar-refractivity contribution in [3.8, 4) is 0 Å². The summed E-state index contributed by atoms with van der Waals surface area (Å²) in [6, 6.07) is 19.0. The monoisotopic (exact) mass is 403 g/mol. The molecule has 0 saturated heterocycles. The molecule has 0 aliphatic heterocycles. The van der Waals surface area contributed by atoms with Gasteiger partial charge in [0, 0.05) is 18.2 Å². The molecule has 0 aromatic heterocycles. The molecule has 2 aromatic carbocycles. The van der Waals surface area contributed by atoms with Crippen molar-refractivity contribution in [2.75, 3.05) is 6.54 Å². The molecule has 0 spiro atoms. The van der Waals surface area contributed by atoms with Crippen LogP contribution in [0.1, 0.15) is 86.2 Å². The van der Waals surface area contributed by atoms with Crippen LogP contribution in [0.5, 0.6) is 0 Å². The second-order valence-corrected chi connectivity index (χ2v) is 8.71. The van der Waals surface area contributed by atoms with Gasteiger partial charge >= 0.3 is 0 Å². The maximum absolute atomic E-state index is 13.7.